The van der Waals surface area contributed by atoms with Gasteiger partial charge in [0.2, 0.25) is 0 Å². The first-order valence-corrected chi connectivity index (χ1v) is 11.1. The van der Waals surface area contributed by atoms with E-state index in [-0.39, 0.29) is 5.78 Å². The van der Waals surface area contributed by atoms with Crippen molar-refractivity contribution in [3.8, 4) is 0 Å². The maximum Gasteiger partial charge on any atom is 0.166 e. The molecule has 162 valence electrons. The average Bonchev–Trinajstić information content (AvgIpc) is 2.77. The lowest BCUT2D eigenvalue weighted by molar-refractivity contribution is 0.0983. The Morgan fingerprint density at radius 2 is 2.03 bits per heavy atom. The fourth-order valence-corrected chi connectivity index (χ4v) is 4.25. The number of anilines is 2. The SMILES string of the molecule is CN1CCC(CNc2nc(Cl)ccc2C(=O)CCc2ccc3c(N)nccc3c2)CC1. The molecule has 0 bridgehead atoms. The zero-order chi connectivity index (χ0) is 21.8. The summed E-state index contributed by atoms with van der Waals surface area (Å²) in [5.41, 5.74) is 7.63. The molecule has 1 aliphatic rings. The topological polar surface area (TPSA) is 84.1 Å². The highest BCUT2D eigenvalue weighted by Gasteiger charge is 2.19. The molecule has 0 atom stereocenters. The number of nitrogens with two attached hydrogens (primary N) is 1. The second-order valence-corrected chi connectivity index (χ2v) is 8.72. The predicted octanol–water partition coefficient (Wildman–Crippen LogP) is 4.43. The van der Waals surface area contributed by atoms with Crippen LogP contribution in [0.1, 0.15) is 35.2 Å². The van der Waals surface area contributed by atoms with Gasteiger partial charge in [-0.15, -0.1) is 0 Å². The number of carbonyl (C=O) groups excluding carboxylic acids is 1. The quantitative estimate of drug-likeness (QED) is 0.420. The minimum atomic E-state index is 0.0596. The molecule has 4 rings (SSSR count). The first-order chi connectivity index (χ1) is 15.0. The van der Waals surface area contributed by atoms with E-state index in [1.54, 1.807) is 18.3 Å². The Morgan fingerprint density at radius 3 is 2.84 bits per heavy atom. The number of carbonyl (C=O) groups is 1. The first-order valence-electron chi connectivity index (χ1n) is 10.7. The molecule has 6 nitrogen and oxygen atoms in total. The maximum atomic E-state index is 13.0. The van der Waals surface area contributed by atoms with Crippen molar-refractivity contribution < 1.29 is 4.79 Å². The van der Waals surface area contributed by atoms with Crippen LogP contribution in [0.15, 0.2) is 42.6 Å². The van der Waals surface area contributed by atoms with Gasteiger partial charge in [0.05, 0.1) is 5.56 Å². The number of fused-ring (bicyclic) bond motifs is 1. The van der Waals surface area contributed by atoms with Gasteiger partial charge in [0.15, 0.2) is 5.78 Å². The summed E-state index contributed by atoms with van der Waals surface area (Å²) in [5.74, 6) is 1.75. The summed E-state index contributed by atoms with van der Waals surface area (Å²) < 4.78 is 0. The van der Waals surface area contributed by atoms with E-state index in [0.717, 1.165) is 48.8 Å². The molecule has 7 heteroatoms. The third kappa shape index (κ3) is 5.32. The van der Waals surface area contributed by atoms with Gasteiger partial charge in [-0.2, -0.15) is 0 Å². The van der Waals surface area contributed by atoms with Crippen molar-refractivity contribution in [3.63, 3.8) is 0 Å². The van der Waals surface area contributed by atoms with Gasteiger partial charge in [-0.05, 0) is 74.5 Å². The average molecular weight is 438 g/mol. The minimum Gasteiger partial charge on any atom is -0.383 e. The minimum absolute atomic E-state index is 0.0596. The van der Waals surface area contributed by atoms with Crippen molar-refractivity contribution in [2.24, 2.45) is 5.92 Å². The Morgan fingerprint density at radius 1 is 1.23 bits per heavy atom. The number of rotatable bonds is 7. The summed E-state index contributed by atoms with van der Waals surface area (Å²) in [5, 5.41) is 5.75. The van der Waals surface area contributed by atoms with Gasteiger partial charge in [0, 0.05) is 24.5 Å². The Labute approximate surface area is 187 Å². The van der Waals surface area contributed by atoms with Gasteiger partial charge in [-0.25, -0.2) is 9.97 Å². The lowest BCUT2D eigenvalue weighted by Crippen LogP contribution is -2.33. The largest absolute Gasteiger partial charge is 0.383 e. The number of nitrogen functional groups attached to an aromatic ring is 1. The second-order valence-electron chi connectivity index (χ2n) is 8.33. The van der Waals surface area contributed by atoms with Crippen molar-refractivity contribution >= 4 is 39.8 Å². The van der Waals surface area contributed by atoms with Gasteiger partial charge in [0.1, 0.15) is 16.8 Å². The number of likely N-dealkylation sites (tertiary alicyclic amines) is 1. The molecule has 3 heterocycles. The number of pyridine rings is 2. The summed E-state index contributed by atoms with van der Waals surface area (Å²) in [6, 6.07) is 11.4. The maximum absolute atomic E-state index is 13.0. The van der Waals surface area contributed by atoms with Gasteiger partial charge in [0.25, 0.3) is 0 Å². The van der Waals surface area contributed by atoms with E-state index >= 15 is 0 Å². The van der Waals surface area contributed by atoms with Crippen LogP contribution in [0.25, 0.3) is 10.8 Å². The molecule has 0 saturated carbocycles. The molecular formula is C24H28ClN5O. The number of halogens is 1. The molecule has 0 amide bonds. The summed E-state index contributed by atoms with van der Waals surface area (Å²) in [4.78, 5) is 23.9. The van der Waals surface area contributed by atoms with Crippen LogP contribution in [0, 0.1) is 5.92 Å². The molecule has 0 aliphatic carbocycles. The number of hydrogen-bond acceptors (Lipinski definition) is 6. The van der Waals surface area contributed by atoms with E-state index < -0.39 is 0 Å². The number of hydrogen-bond donors (Lipinski definition) is 2. The highest BCUT2D eigenvalue weighted by molar-refractivity contribution is 6.29. The molecular weight excluding hydrogens is 410 g/mol. The number of ketones is 1. The van der Waals surface area contributed by atoms with Gasteiger partial charge in [-0.3, -0.25) is 4.79 Å². The molecule has 0 spiro atoms. The standard InChI is InChI=1S/C24H28ClN5O/c1-30-12-9-17(10-13-30)15-28-24-20(5-7-22(25)29-24)21(31)6-3-16-2-4-19-18(14-16)8-11-27-23(19)26/h2,4-5,7-8,11,14,17H,3,6,9-10,12-13,15H2,1H3,(H2,26,27)(H,28,29). The Balaban J connectivity index is 1.42. The van der Waals surface area contributed by atoms with Crippen molar-refractivity contribution in [2.75, 3.05) is 37.7 Å². The van der Waals surface area contributed by atoms with Crippen molar-refractivity contribution in [3.05, 3.63) is 58.9 Å². The monoisotopic (exact) mass is 437 g/mol. The number of Topliss-reactive ketones (excluding diaryl/α,β-unsaturated/α-hetero) is 1. The Kier molecular flexibility index (Phi) is 6.68. The van der Waals surface area contributed by atoms with Crippen LogP contribution in [0.5, 0.6) is 0 Å². The van der Waals surface area contributed by atoms with E-state index in [1.165, 1.54) is 0 Å². The first kappa shape index (κ1) is 21.5. The zero-order valence-electron chi connectivity index (χ0n) is 17.8. The zero-order valence-corrected chi connectivity index (χ0v) is 18.5. The van der Waals surface area contributed by atoms with Gasteiger partial charge >= 0.3 is 0 Å². The normalized spacial score (nSPS) is 15.3. The molecule has 3 N–H and O–H groups in total. The van der Waals surface area contributed by atoms with Gasteiger partial charge < -0.3 is 16.0 Å². The van der Waals surface area contributed by atoms with Crippen molar-refractivity contribution in [1.29, 1.82) is 0 Å². The highest BCUT2D eigenvalue weighted by atomic mass is 35.5. The highest BCUT2D eigenvalue weighted by Crippen LogP contribution is 2.24. The molecule has 1 aliphatic heterocycles. The number of nitrogens with one attached hydrogen (secondary N) is 1. The van der Waals surface area contributed by atoms with Crippen LogP contribution in [-0.4, -0.2) is 47.3 Å². The van der Waals surface area contributed by atoms with Crippen LogP contribution >= 0.6 is 11.6 Å². The smallest absolute Gasteiger partial charge is 0.166 e. The fraction of sp³-hybridized carbons (Fsp3) is 0.375. The van der Waals surface area contributed by atoms with Crippen LogP contribution in [0.4, 0.5) is 11.6 Å². The fourth-order valence-electron chi connectivity index (χ4n) is 4.10. The van der Waals surface area contributed by atoms with E-state index in [2.05, 4.69) is 33.3 Å². The van der Waals surface area contributed by atoms with Crippen LogP contribution in [0.3, 0.4) is 0 Å². The number of aryl methyl sites for hydroxylation is 1. The third-order valence-electron chi connectivity index (χ3n) is 6.06. The predicted molar refractivity (Wildman–Crippen MR) is 127 cm³/mol. The third-order valence-corrected chi connectivity index (χ3v) is 6.27. The second kappa shape index (κ2) is 9.62. The molecule has 1 aromatic carbocycles. The molecule has 1 saturated heterocycles. The molecule has 0 unspecified atom stereocenters. The number of piperidine rings is 1. The van der Waals surface area contributed by atoms with Crippen LogP contribution in [-0.2, 0) is 6.42 Å². The van der Waals surface area contributed by atoms with Crippen LogP contribution < -0.4 is 11.1 Å². The number of nitrogens with zero attached hydrogens (tertiary/aromatic N) is 3. The summed E-state index contributed by atoms with van der Waals surface area (Å²) in [7, 11) is 2.15. The molecule has 0 radical (unpaired) electrons. The number of aromatic nitrogens is 2. The summed E-state index contributed by atoms with van der Waals surface area (Å²) in [6.45, 7) is 3.02. The van der Waals surface area contributed by atoms with Crippen molar-refractivity contribution in [2.45, 2.75) is 25.7 Å². The van der Waals surface area contributed by atoms with E-state index in [9.17, 15) is 4.79 Å². The molecule has 31 heavy (non-hydrogen) atoms. The van der Waals surface area contributed by atoms with Gasteiger partial charge in [-0.1, -0.05) is 29.8 Å². The lowest BCUT2D eigenvalue weighted by Gasteiger charge is -2.29. The molecule has 1 fully saturated rings. The van der Waals surface area contributed by atoms with E-state index in [1.807, 2.05) is 18.2 Å². The Hall–Kier alpha value is -2.70. The molecule has 3 aromatic rings. The van der Waals surface area contributed by atoms with Crippen molar-refractivity contribution in [1.82, 2.24) is 14.9 Å². The van der Waals surface area contributed by atoms with Crippen LogP contribution in [0.2, 0.25) is 5.15 Å². The van der Waals surface area contributed by atoms with E-state index in [4.69, 9.17) is 17.3 Å². The lowest BCUT2D eigenvalue weighted by atomic mass is 9.97. The summed E-state index contributed by atoms with van der Waals surface area (Å²) >= 11 is 6.12. The summed E-state index contributed by atoms with van der Waals surface area (Å²) in [6.07, 6.45) is 5.05. The Bertz CT molecular complexity index is 1080. The van der Waals surface area contributed by atoms with E-state index in [0.29, 0.717) is 41.1 Å². The number of benzene rings is 1. The molecule has 2 aromatic heterocycles.